The van der Waals surface area contributed by atoms with E-state index in [4.69, 9.17) is 4.74 Å². The summed E-state index contributed by atoms with van der Waals surface area (Å²) in [4.78, 5) is 17.7. The Morgan fingerprint density at radius 2 is 1.90 bits per heavy atom. The molecule has 30 heavy (non-hydrogen) atoms. The van der Waals surface area contributed by atoms with Gasteiger partial charge in [-0.25, -0.2) is 9.07 Å². The lowest BCUT2D eigenvalue weighted by Gasteiger charge is -2.28. The van der Waals surface area contributed by atoms with E-state index in [1.54, 1.807) is 48.2 Å². The molecule has 0 saturated carbocycles. The summed E-state index contributed by atoms with van der Waals surface area (Å²) in [5.74, 6) is 0.600. The van der Waals surface area contributed by atoms with Gasteiger partial charge in [0.25, 0.3) is 5.91 Å². The summed E-state index contributed by atoms with van der Waals surface area (Å²) in [5, 5.41) is 11.2. The zero-order chi connectivity index (χ0) is 21.3. The molecule has 0 fully saturated rings. The Hall–Kier alpha value is -3.33. The van der Waals surface area contributed by atoms with Crippen molar-refractivity contribution in [1.29, 1.82) is 0 Å². The smallest absolute Gasteiger partial charge is 0.255 e. The zero-order valence-corrected chi connectivity index (χ0v) is 17.5. The highest BCUT2D eigenvalue weighted by molar-refractivity contribution is 7.98. The molecule has 1 unspecified atom stereocenters. The third kappa shape index (κ3) is 3.76. The first kappa shape index (κ1) is 20.0. The molecule has 2 aromatic carbocycles. The Bertz CT molecular complexity index is 1110. The summed E-state index contributed by atoms with van der Waals surface area (Å²) in [6.45, 7) is 1.82. The lowest BCUT2D eigenvalue weighted by Crippen LogP contribution is -2.31. The number of amides is 1. The van der Waals surface area contributed by atoms with Crippen LogP contribution in [-0.2, 0) is 4.79 Å². The molecule has 1 aliphatic rings. The van der Waals surface area contributed by atoms with Crippen molar-refractivity contribution in [3.05, 3.63) is 71.2 Å². The van der Waals surface area contributed by atoms with Crippen molar-refractivity contribution < 1.29 is 13.9 Å². The van der Waals surface area contributed by atoms with Crippen LogP contribution < -0.4 is 15.4 Å². The number of carbonyl (C=O) groups is 1. The van der Waals surface area contributed by atoms with Crippen LogP contribution in [0.2, 0.25) is 0 Å². The van der Waals surface area contributed by atoms with Gasteiger partial charge in [-0.05, 0) is 55.1 Å². The highest BCUT2D eigenvalue weighted by atomic mass is 32.2. The summed E-state index contributed by atoms with van der Waals surface area (Å²) in [6.07, 6.45) is 1.88. The van der Waals surface area contributed by atoms with Crippen molar-refractivity contribution in [2.24, 2.45) is 0 Å². The van der Waals surface area contributed by atoms with Crippen LogP contribution in [0.4, 0.5) is 16.0 Å². The summed E-state index contributed by atoms with van der Waals surface area (Å²) in [6, 6.07) is 12.6. The maximum atomic E-state index is 13.5. The van der Waals surface area contributed by atoms with Gasteiger partial charge in [0.2, 0.25) is 11.1 Å². The van der Waals surface area contributed by atoms with Crippen molar-refractivity contribution in [1.82, 2.24) is 14.8 Å². The van der Waals surface area contributed by atoms with Gasteiger partial charge in [0.1, 0.15) is 17.6 Å². The summed E-state index contributed by atoms with van der Waals surface area (Å²) < 4.78 is 20.4. The SMILES string of the molecule is COc1ccc(NC(=O)C2=C(C)Nc3nc(SC)nn3C2c2ccc(F)cc2)cc1. The third-order valence-corrected chi connectivity index (χ3v) is 5.33. The molecular weight excluding hydrogens is 405 g/mol. The Morgan fingerprint density at radius 1 is 1.20 bits per heavy atom. The largest absolute Gasteiger partial charge is 0.497 e. The monoisotopic (exact) mass is 425 g/mol. The number of benzene rings is 2. The molecule has 154 valence electrons. The minimum Gasteiger partial charge on any atom is -0.497 e. The summed E-state index contributed by atoms with van der Waals surface area (Å²) in [5.41, 5.74) is 2.49. The van der Waals surface area contributed by atoms with E-state index < -0.39 is 6.04 Å². The maximum Gasteiger partial charge on any atom is 0.255 e. The number of halogens is 1. The number of hydrogen-bond donors (Lipinski definition) is 2. The molecule has 1 aliphatic heterocycles. The molecule has 0 bridgehead atoms. The fourth-order valence-electron chi connectivity index (χ4n) is 3.34. The predicted molar refractivity (Wildman–Crippen MR) is 114 cm³/mol. The predicted octanol–water partition coefficient (Wildman–Crippen LogP) is 4.08. The molecule has 4 rings (SSSR count). The van der Waals surface area contributed by atoms with Crippen LogP contribution >= 0.6 is 11.8 Å². The summed E-state index contributed by atoms with van der Waals surface area (Å²) in [7, 11) is 1.58. The highest BCUT2D eigenvalue weighted by Gasteiger charge is 2.34. The van der Waals surface area contributed by atoms with Gasteiger partial charge in [-0.2, -0.15) is 4.98 Å². The molecule has 2 heterocycles. The normalized spacial score (nSPS) is 15.4. The number of fused-ring (bicyclic) bond motifs is 1. The van der Waals surface area contributed by atoms with E-state index in [1.165, 1.54) is 23.9 Å². The molecule has 0 saturated heterocycles. The standard InChI is InChI=1S/C21H20FN5O2S/c1-12-17(19(28)24-15-8-10-16(29-2)11-9-15)18(13-4-6-14(22)7-5-13)27-20(23-12)25-21(26-27)30-3/h4-11,18H,1-3H3,(H,24,28)(H,23,25,26). The number of rotatable bonds is 5. The number of anilines is 2. The van der Waals surface area contributed by atoms with Gasteiger partial charge < -0.3 is 15.4 Å². The molecule has 1 aromatic heterocycles. The molecule has 1 amide bonds. The maximum absolute atomic E-state index is 13.5. The lowest BCUT2D eigenvalue weighted by atomic mass is 9.95. The van der Waals surface area contributed by atoms with Crippen molar-refractivity contribution in [3.63, 3.8) is 0 Å². The highest BCUT2D eigenvalue weighted by Crippen LogP contribution is 2.36. The van der Waals surface area contributed by atoms with Crippen LogP contribution in [0, 0.1) is 5.82 Å². The van der Waals surface area contributed by atoms with Crippen molar-refractivity contribution in [2.45, 2.75) is 18.1 Å². The molecule has 7 nitrogen and oxygen atoms in total. The van der Waals surface area contributed by atoms with Gasteiger partial charge in [0.15, 0.2) is 0 Å². The van der Waals surface area contributed by atoms with E-state index in [1.807, 2.05) is 13.2 Å². The summed E-state index contributed by atoms with van der Waals surface area (Å²) >= 11 is 1.40. The number of ether oxygens (including phenoxy) is 1. The second-order valence-corrected chi connectivity index (χ2v) is 7.44. The van der Waals surface area contributed by atoms with E-state index in [2.05, 4.69) is 20.7 Å². The number of nitrogens with zero attached hydrogens (tertiary/aromatic N) is 3. The quantitative estimate of drug-likeness (QED) is 0.600. The second-order valence-electron chi connectivity index (χ2n) is 6.67. The second kappa shape index (κ2) is 8.19. The van der Waals surface area contributed by atoms with Gasteiger partial charge in [0, 0.05) is 11.4 Å². The van der Waals surface area contributed by atoms with Crippen molar-refractivity contribution >= 4 is 29.3 Å². The first-order valence-electron chi connectivity index (χ1n) is 9.19. The van der Waals surface area contributed by atoms with E-state index in [0.29, 0.717) is 33.8 Å². The Kier molecular flexibility index (Phi) is 5.45. The van der Waals surface area contributed by atoms with Crippen LogP contribution in [0.5, 0.6) is 5.75 Å². The number of aromatic nitrogens is 3. The average molecular weight is 425 g/mol. The number of allylic oxidation sites excluding steroid dienone is 1. The van der Waals surface area contributed by atoms with Gasteiger partial charge in [-0.1, -0.05) is 23.9 Å². The van der Waals surface area contributed by atoms with Crippen LogP contribution in [0.3, 0.4) is 0 Å². The van der Waals surface area contributed by atoms with E-state index in [-0.39, 0.29) is 11.7 Å². The number of hydrogen-bond acceptors (Lipinski definition) is 6. The molecule has 9 heteroatoms. The van der Waals surface area contributed by atoms with Gasteiger partial charge >= 0.3 is 0 Å². The Labute approximate surface area is 177 Å². The number of carbonyl (C=O) groups excluding carboxylic acids is 1. The van der Waals surface area contributed by atoms with Crippen molar-refractivity contribution in [2.75, 3.05) is 24.0 Å². The van der Waals surface area contributed by atoms with Crippen LogP contribution in [-0.4, -0.2) is 34.0 Å². The molecule has 1 atom stereocenters. The fourth-order valence-corrected chi connectivity index (χ4v) is 3.69. The minimum atomic E-state index is -0.548. The molecule has 0 aliphatic carbocycles. The Balaban J connectivity index is 1.74. The number of thioether (sulfide) groups is 1. The fraction of sp³-hybridized carbons (Fsp3) is 0.190. The molecular formula is C21H20FN5O2S. The van der Waals surface area contributed by atoms with Crippen LogP contribution in [0.15, 0.2) is 65.0 Å². The lowest BCUT2D eigenvalue weighted by molar-refractivity contribution is -0.113. The van der Waals surface area contributed by atoms with E-state index in [9.17, 15) is 9.18 Å². The van der Waals surface area contributed by atoms with Gasteiger partial charge in [-0.15, -0.1) is 5.10 Å². The molecule has 2 N–H and O–H groups in total. The Morgan fingerprint density at radius 3 is 2.53 bits per heavy atom. The van der Waals surface area contributed by atoms with E-state index in [0.717, 1.165) is 5.56 Å². The zero-order valence-electron chi connectivity index (χ0n) is 16.6. The molecule has 0 radical (unpaired) electrons. The van der Waals surface area contributed by atoms with Gasteiger partial charge in [0.05, 0.1) is 12.7 Å². The molecule has 3 aromatic rings. The average Bonchev–Trinajstić information content (AvgIpc) is 3.16. The van der Waals surface area contributed by atoms with Crippen LogP contribution in [0.25, 0.3) is 0 Å². The third-order valence-electron chi connectivity index (χ3n) is 4.79. The molecule has 0 spiro atoms. The number of methoxy groups -OCH3 is 1. The van der Waals surface area contributed by atoms with Gasteiger partial charge in [-0.3, -0.25) is 4.79 Å². The number of nitrogens with one attached hydrogen (secondary N) is 2. The van der Waals surface area contributed by atoms with Crippen LogP contribution in [0.1, 0.15) is 18.5 Å². The topological polar surface area (TPSA) is 81.1 Å². The van der Waals surface area contributed by atoms with E-state index >= 15 is 0 Å². The first-order chi connectivity index (χ1) is 14.5. The first-order valence-corrected chi connectivity index (χ1v) is 10.4. The minimum absolute atomic E-state index is 0.286. The van der Waals surface area contributed by atoms with Crippen molar-refractivity contribution in [3.8, 4) is 5.75 Å².